The van der Waals surface area contributed by atoms with Gasteiger partial charge in [-0.15, -0.1) is 0 Å². The Hall–Kier alpha value is -4.86. The molecule has 202 valence electrons. The number of fused-ring (bicyclic) bond motifs is 2. The predicted octanol–water partition coefficient (Wildman–Crippen LogP) is 4.79. The van der Waals surface area contributed by atoms with E-state index in [2.05, 4.69) is 16.0 Å². The maximum absolute atomic E-state index is 12.4. The molecule has 0 saturated carbocycles. The molecule has 0 bridgehead atoms. The van der Waals surface area contributed by atoms with Crippen LogP contribution >= 0.6 is 0 Å². The maximum Gasteiger partial charge on any atom is 0.336 e. The number of phenolic OH excluding ortho intramolecular Hbond substituents is 1. The Kier molecular flexibility index (Phi) is 8.45. The van der Waals surface area contributed by atoms with Gasteiger partial charge in [0, 0.05) is 53.8 Å². The number of amides is 3. The maximum atomic E-state index is 12.4. The Morgan fingerprint density at radius 3 is 2.46 bits per heavy atom. The van der Waals surface area contributed by atoms with Crippen molar-refractivity contribution in [2.75, 3.05) is 18.4 Å². The number of unbranched alkanes of at least 4 members (excludes halogenated alkanes) is 2. The lowest BCUT2D eigenvalue weighted by Crippen LogP contribution is -2.29. The first kappa shape index (κ1) is 27.2. The third kappa shape index (κ3) is 6.53. The molecule has 3 amide bonds. The average molecular weight is 532 g/mol. The SMILES string of the molecule is CCNC(=O)CCCCCNC(=O)Nc1ccc(-c2c3ccc(=O)cc-3oc3cc(O)ccc23)c(C(=O)O)c1. The fraction of sp³-hybridized carbons (Fsp3) is 0.241. The number of hydrogen-bond donors (Lipinski definition) is 5. The van der Waals surface area contributed by atoms with Crippen LogP contribution in [0.15, 0.2) is 63.8 Å². The van der Waals surface area contributed by atoms with Crippen LogP contribution in [0, 0.1) is 0 Å². The zero-order chi connectivity index (χ0) is 27.9. The Balaban J connectivity index is 1.55. The van der Waals surface area contributed by atoms with Crippen molar-refractivity contribution in [1.29, 1.82) is 0 Å². The smallest absolute Gasteiger partial charge is 0.336 e. The van der Waals surface area contributed by atoms with Crippen LogP contribution in [-0.4, -0.2) is 41.2 Å². The molecule has 2 aromatic rings. The van der Waals surface area contributed by atoms with Crippen LogP contribution < -0.4 is 21.4 Å². The summed E-state index contributed by atoms with van der Waals surface area (Å²) in [5.41, 5.74) is 1.64. The molecule has 39 heavy (non-hydrogen) atoms. The summed E-state index contributed by atoms with van der Waals surface area (Å²) in [4.78, 5) is 48.1. The van der Waals surface area contributed by atoms with Crippen LogP contribution in [-0.2, 0) is 4.79 Å². The molecule has 4 rings (SSSR count). The van der Waals surface area contributed by atoms with Gasteiger partial charge in [-0.25, -0.2) is 9.59 Å². The van der Waals surface area contributed by atoms with Crippen molar-refractivity contribution >= 4 is 34.6 Å². The highest BCUT2D eigenvalue weighted by atomic mass is 16.4. The minimum absolute atomic E-state index is 0.0140. The van der Waals surface area contributed by atoms with E-state index >= 15 is 0 Å². The van der Waals surface area contributed by atoms with Crippen molar-refractivity contribution < 1.29 is 29.0 Å². The fourth-order valence-corrected chi connectivity index (χ4v) is 4.42. The molecular formula is C29H29N3O7. The van der Waals surface area contributed by atoms with Crippen molar-refractivity contribution in [2.24, 2.45) is 0 Å². The van der Waals surface area contributed by atoms with E-state index in [1.165, 1.54) is 30.3 Å². The summed E-state index contributed by atoms with van der Waals surface area (Å²) in [5, 5.41) is 28.7. The van der Waals surface area contributed by atoms with Gasteiger partial charge in [-0.1, -0.05) is 12.5 Å². The summed E-state index contributed by atoms with van der Waals surface area (Å²) < 4.78 is 5.84. The molecule has 1 heterocycles. The van der Waals surface area contributed by atoms with Crippen molar-refractivity contribution in [3.05, 3.63) is 70.4 Å². The first-order chi connectivity index (χ1) is 18.8. The Bertz CT molecular complexity index is 1560. The number of nitrogens with one attached hydrogen (secondary N) is 3. The summed E-state index contributed by atoms with van der Waals surface area (Å²) >= 11 is 0. The largest absolute Gasteiger partial charge is 0.508 e. The first-order valence-electron chi connectivity index (χ1n) is 12.7. The molecular weight excluding hydrogens is 502 g/mol. The van der Waals surface area contributed by atoms with E-state index in [9.17, 15) is 29.4 Å². The number of hydrogen-bond acceptors (Lipinski definition) is 6. The van der Waals surface area contributed by atoms with Gasteiger partial charge in [-0.05, 0) is 61.7 Å². The highest BCUT2D eigenvalue weighted by Gasteiger charge is 2.22. The molecule has 0 fully saturated rings. The summed E-state index contributed by atoms with van der Waals surface area (Å²) in [5.74, 6) is -0.983. The van der Waals surface area contributed by atoms with Gasteiger partial charge in [-0.2, -0.15) is 0 Å². The van der Waals surface area contributed by atoms with E-state index < -0.39 is 12.0 Å². The second kappa shape index (κ2) is 12.1. The van der Waals surface area contributed by atoms with Crippen molar-refractivity contribution in [3.63, 3.8) is 0 Å². The van der Waals surface area contributed by atoms with Crippen LogP contribution in [0.1, 0.15) is 43.0 Å². The lowest BCUT2D eigenvalue weighted by atomic mass is 9.90. The summed E-state index contributed by atoms with van der Waals surface area (Å²) in [6.45, 7) is 2.88. The fourth-order valence-electron chi connectivity index (χ4n) is 4.42. The van der Waals surface area contributed by atoms with Crippen LogP contribution in [0.5, 0.6) is 5.75 Å². The van der Waals surface area contributed by atoms with E-state index in [-0.39, 0.29) is 34.0 Å². The molecule has 10 nitrogen and oxygen atoms in total. The normalized spacial score (nSPS) is 10.9. The number of urea groups is 1. The van der Waals surface area contributed by atoms with Crippen LogP contribution in [0.25, 0.3) is 33.4 Å². The Morgan fingerprint density at radius 1 is 0.897 bits per heavy atom. The van der Waals surface area contributed by atoms with E-state index in [0.29, 0.717) is 53.7 Å². The Morgan fingerprint density at radius 2 is 1.69 bits per heavy atom. The van der Waals surface area contributed by atoms with Gasteiger partial charge >= 0.3 is 12.0 Å². The highest BCUT2D eigenvalue weighted by molar-refractivity contribution is 6.08. The number of carbonyl (C=O) groups is 3. The standard InChI is InChI=1S/C29H29N3O7/c1-2-30-26(35)6-4-3-5-13-31-29(38)32-17-7-10-20(23(14-17)28(36)37)27-21-11-8-18(33)15-24(21)39-25-16-19(34)9-12-22(25)27/h7-12,14-16,33H,2-6,13H2,1H3,(H,30,35)(H,36,37)(H2,31,32,38). The lowest BCUT2D eigenvalue weighted by molar-refractivity contribution is -0.121. The molecule has 0 atom stereocenters. The number of carbonyl (C=O) groups excluding carboxylic acids is 2. The van der Waals surface area contributed by atoms with Gasteiger partial charge in [0.15, 0.2) is 5.43 Å². The molecule has 1 aliphatic heterocycles. The van der Waals surface area contributed by atoms with E-state index in [1.54, 1.807) is 24.3 Å². The zero-order valence-corrected chi connectivity index (χ0v) is 21.4. The van der Waals surface area contributed by atoms with E-state index in [1.807, 2.05) is 6.92 Å². The molecule has 10 heteroatoms. The number of benzene rings is 3. The molecule has 0 spiro atoms. The molecule has 2 aromatic carbocycles. The third-order valence-electron chi connectivity index (χ3n) is 6.19. The number of carboxylic acids is 1. The minimum atomic E-state index is -1.21. The van der Waals surface area contributed by atoms with E-state index in [4.69, 9.17) is 4.42 Å². The second-order valence-electron chi connectivity index (χ2n) is 9.03. The molecule has 2 aliphatic rings. The van der Waals surface area contributed by atoms with Gasteiger partial charge in [0.1, 0.15) is 17.1 Å². The molecule has 0 radical (unpaired) electrons. The van der Waals surface area contributed by atoms with Gasteiger partial charge in [0.2, 0.25) is 5.91 Å². The quantitative estimate of drug-likeness (QED) is 0.145. The van der Waals surface area contributed by atoms with Gasteiger partial charge in [-0.3, -0.25) is 9.59 Å². The molecule has 1 aliphatic carbocycles. The molecule has 5 N–H and O–H groups in total. The lowest BCUT2D eigenvalue weighted by Gasteiger charge is -2.17. The van der Waals surface area contributed by atoms with Gasteiger partial charge < -0.3 is 30.6 Å². The van der Waals surface area contributed by atoms with Gasteiger partial charge in [0.05, 0.1) is 5.56 Å². The number of aromatic hydroxyl groups is 1. The van der Waals surface area contributed by atoms with Crippen molar-refractivity contribution in [1.82, 2.24) is 10.6 Å². The molecule has 0 saturated heterocycles. The second-order valence-corrected chi connectivity index (χ2v) is 9.03. The minimum Gasteiger partial charge on any atom is -0.508 e. The first-order valence-corrected chi connectivity index (χ1v) is 12.7. The monoisotopic (exact) mass is 531 g/mol. The number of carboxylic acid groups (broad SMARTS) is 1. The number of aromatic carboxylic acids is 1. The molecule has 0 aromatic heterocycles. The van der Waals surface area contributed by atoms with Crippen LogP contribution in [0.4, 0.5) is 10.5 Å². The Labute approximate surface area is 224 Å². The average Bonchev–Trinajstić information content (AvgIpc) is 2.89. The number of rotatable bonds is 10. The van der Waals surface area contributed by atoms with Gasteiger partial charge in [0.25, 0.3) is 0 Å². The van der Waals surface area contributed by atoms with Crippen molar-refractivity contribution in [3.8, 4) is 28.2 Å². The topological polar surface area (TPSA) is 158 Å². The number of phenols is 1. The van der Waals surface area contributed by atoms with Crippen molar-refractivity contribution in [2.45, 2.75) is 32.6 Å². The number of anilines is 1. The van der Waals surface area contributed by atoms with Crippen LogP contribution in [0.3, 0.4) is 0 Å². The summed E-state index contributed by atoms with van der Waals surface area (Å²) in [6, 6.07) is 12.8. The third-order valence-corrected chi connectivity index (χ3v) is 6.19. The van der Waals surface area contributed by atoms with Crippen LogP contribution in [0.2, 0.25) is 0 Å². The van der Waals surface area contributed by atoms with E-state index in [0.717, 1.165) is 12.8 Å². The molecule has 0 unspecified atom stereocenters. The highest BCUT2D eigenvalue weighted by Crippen LogP contribution is 2.42. The zero-order valence-electron chi connectivity index (χ0n) is 21.4. The summed E-state index contributed by atoms with van der Waals surface area (Å²) in [6.07, 6.45) is 2.66. The summed E-state index contributed by atoms with van der Waals surface area (Å²) in [7, 11) is 0. The predicted molar refractivity (Wildman–Crippen MR) is 147 cm³/mol.